The summed E-state index contributed by atoms with van der Waals surface area (Å²) in [4.78, 5) is 11.0. The molecule has 1 unspecified atom stereocenters. The number of hydrogen-bond donors (Lipinski definition) is 2. The van der Waals surface area contributed by atoms with Crippen molar-refractivity contribution >= 4 is 7.60 Å². The Labute approximate surface area is 71.7 Å². The van der Waals surface area contributed by atoms with Gasteiger partial charge in [-0.1, -0.05) is 6.08 Å². The van der Waals surface area contributed by atoms with Gasteiger partial charge in [0.05, 0.1) is 0 Å². The summed E-state index contributed by atoms with van der Waals surface area (Å²) in [5.74, 6) is 4.62. The summed E-state index contributed by atoms with van der Waals surface area (Å²) in [6.45, 7) is 0. The average Bonchev–Trinajstić information content (AvgIpc) is 2.06. The zero-order valence-corrected chi connectivity index (χ0v) is 8.05. The molecule has 1 aliphatic carbocycles. The Morgan fingerprint density at radius 1 is 1.58 bits per heavy atom. The van der Waals surface area contributed by atoms with Crippen LogP contribution in [0.4, 0.5) is 0 Å². The minimum Gasteiger partial charge on any atom is -0.774 e. The first-order valence-corrected chi connectivity index (χ1v) is 5.10. The van der Waals surface area contributed by atoms with Crippen LogP contribution in [0.3, 0.4) is 0 Å². The van der Waals surface area contributed by atoms with Crippen LogP contribution in [-0.4, -0.2) is 0 Å². The Bertz CT molecular complexity index is 217. The fourth-order valence-electron chi connectivity index (χ4n) is 1.14. The standard InChI is InChI=1S/C6H12NO3P.H3N/c7-10-11(8,9)6-4-2-1-3-5-6;/h4H,1-3,5,7H2,(H,8,9);1H3. The highest BCUT2D eigenvalue weighted by atomic mass is 31.2. The van der Waals surface area contributed by atoms with Gasteiger partial charge in [0.1, 0.15) is 0 Å². The highest BCUT2D eigenvalue weighted by Crippen LogP contribution is 2.48. The van der Waals surface area contributed by atoms with Gasteiger partial charge in [0.2, 0.25) is 0 Å². The quantitative estimate of drug-likeness (QED) is 0.509. The summed E-state index contributed by atoms with van der Waals surface area (Å²) in [7, 11) is -3.86. The fourth-order valence-corrected chi connectivity index (χ4v) is 2.06. The second-order valence-electron chi connectivity index (χ2n) is 2.54. The fraction of sp³-hybridized carbons (Fsp3) is 0.667. The molecule has 1 rings (SSSR count). The maximum Gasteiger partial charge on any atom is 0.181 e. The molecule has 0 aromatic rings. The molecule has 0 fully saturated rings. The molecule has 0 bridgehead atoms. The van der Waals surface area contributed by atoms with Gasteiger partial charge >= 0.3 is 0 Å². The third-order valence-corrected chi connectivity index (χ3v) is 3.14. The molecule has 72 valence electrons. The zero-order chi connectivity index (χ0) is 8.32. The Morgan fingerprint density at radius 3 is 2.67 bits per heavy atom. The van der Waals surface area contributed by atoms with Crippen LogP contribution in [-0.2, 0) is 9.19 Å². The molecule has 0 spiro atoms. The molecule has 6 heteroatoms. The molecule has 0 aromatic carbocycles. The van der Waals surface area contributed by atoms with Crippen LogP contribution in [0, 0.1) is 0 Å². The van der Waals surface area contributed by atoms with Crippen molar-refractivity contribution < 1.29 is 14.1 Å². The Morgan fingerprint density at radius 2 is 2.25 bits per heavy atom. The van der Waals surface area contributed by atoms with Crippen LogP contribution in [0.2, 0.25) is 0 Å². The van der Waals surface area contributed by atoms with Gasteiger partial charge in [-0.15, -0.1) is 0 Å². The Kier molecular flexibility index (Phi) is 4.67. The lowest BCUT2D eigenvalue weighted by Crippen LogP contribution is -2.12. The summed E-state index contributed by atoms with van der Waals surface area (Å²) >= 11 is 0. The van der Waals surface area contributed by atoms with Crippen molar-refractivity contribution in [3.8, 4) is 0 Å². The molecular formula is C6H15N2O3P. The summed E-state index contributed by atoms with van der Waals surface area (Å²) in [5, 5.41) is 0.353. The molecule has 5 nitrogen and oxygen atoms in total. The predicted octanol–water partition coefficient (Wildman–Crippen LogP) is 1.26. The van der Waals surface area contributed by atoms with Crippen LogP contribution in [0.1, 0.15) is 25.7 Å². The van der Waals surface area contributed by atoms with Gasteiger partial charge in [0.15, 0.2) is 7.60 Å². The molecule has 1 atom stereocenters. The molecule has 0 heterocycles. The van der Waals surface area contributed by atoms with Crippen molar-refractivity contribution in [2.75, 3.05) is 0 Å². The molecule has 0 radical (unpaired) electrons. The van der Waals surface area contributed by atoms with E-state index < -0.39 is 7.60 Å². The third-order valence-electron chi connectivity index (χ3n) is 1.76. The first-order valence-electron chi connectivity index (χ1n) is 3.56. The van der Waals surface area contributed by atoms with Crippen LogP contribution >= 0.6 is 7.60 Å². The molecule has 0 aromatic heterocycles. The number of quaternary nitrogens is 1. The lowest BCUT2D eigenvalue weighted by Gasteiger charge is -2.25. The molecular weight excluding hydrogens is 179 g/mol. The van der Waals surface area contributed by atoms with E-state index in [1.807, 2.05) is 0 Å². The molecule has 1 aliphatic rings. The first kappa shape index (κ1) is 11.8. The van der Waals surface area contributed by atoms with Crippen LogP contribution in [0.25, 0.3) is 0 Å². The van der Waals surface area contributed by atoms with Gasteiger partial charge in [-0.2, -0.15) is 0 Å². The topological polar surface area (TPSA) is 112 Å². The number of rotatable bonds is 2. The largest absolute Gasteiger partial charge is 0.774 e. The molecule has 0 amide bonds. The minimum absolute atomic E-state index is 0. The van der Waals surface area contributed by atoms with Gasteiger partial charge in [-0.05, 0) is 31.0 Å². The van der Waals surface area contributed by atoms with Crippen LogP contribution in [0.15, 0.2) is 11.4 Å². The molecule has 12 heavy (non-hydrogen) atoms. The average molecular weight is 194 g/mol. The van der Waals surface area contributed by atoms with E-state index in [1.165, 1.54) is 0 Å². The Hall–Kier alpha value is -0.190. The van der Waals surface area contributed by atoms with Gasteiger partial charge < -0.3 is 15.6 Å². The highest BCUT2D eigenvalue weighted by molar-refractivity contribution is 7.56. The van der Waals surface area contributed by atoms with Gasteiger partial charge in [-0.25, -0.2) is 5.90 Å². The Balaban J connectivity index is 0.00000121. The smallest absolute Gasteiger partial charge is 0.181 e. The second kappa shape index (κ2) is 4.74. The third kappa shape index (κ3) is 2.69. The maximum atomic E-state index is 11.0. The molecule has 0 aliphatic heterocycles. The predicted molar refractivity (Wildman–Crippen MR) is 45.4 cm³/mol. The van der Waals surface area contributed by atoms with E-state index in [-0.39, 0.29) is 6.15 Å². The zero-order valence-electron chi connectivity index (χ0n) is 7.16. The molecule has 6 N–H and O–H groups in total. The van der Waals surface area contributed by atoms with E-state index in [4.69, 9.17) is 0 Å². The van der Waals surface area contributed by atoms with E-state index in [9.17, 15) is 9.46 Å². The van der Waals surface area contributed by atoms with Gasteiger partial charge in [-0.3, -0.25) is 4.62 Å². The summed E-state index contributed by atoms with van der Waals surface area (Å²) in [5.41, 5.74) is 0. The van der Waals surface area contributed by atoms with Crippen LogP contribution < -0.4 is 16.9 Å². The summed E-state index contributed by atoms with van der Waals surface area (Å²) in [6.07, 6.45) is 5.02. The molecule has 0 saturated carbocycles. The van der Waals surface area contributed by atoms with E-state index in [0.717, 1.165) is 19.3 Å². The minimum atomic E-state index is -3.86. The molecule has 0 saturated heterocycles. The van der Waals surface area contributed by atoms with Crippen molar-refractivity contribution in [2.24, 2.45) is 5.90 Å². The van der Waals surface area contributed by atoms with E-state index >= 15 is 0 Å². The van der Waals surface area contributed by atoms with Crippen molar-refractivity contribution in [3.63, 3.8) is 0 Å². The normalized spacial score (nSPS) is 22.0. The van der Waals surface area contributed by atoms with Crippen molar-refractivity contribution in [1.29, 1.82) is 0 Å². The van der Waals surface area contributed by atoms with Crippen molar-refractivity contribution in [3.05, 3.63) is 11.4 Å². The van der Waals surface area contributed by atoms with Crippen molar-refractivity contribution in [2.45, 2.75) is 25.7 Å². The lowest BCUT2D eigenvalue weighted by molar-refractivity contribution is -0.196. The van der Waals surface area contributed by atoms with E-state index in [0.29, 0.717) is 11.7 Å². The lowest BCUT2D eigenvalue weighted by atomic mass is 10.1. The maximum absolute atomic E-state index is 11.0. The van der Waals surface area contributed by atoms with Gasteiger partial charge in [0, 0.05) is 0 Å². The number of hydrogen-bond acceptors (Lipinski definition) is 4. The van der Waals surface area contributed by atoms with Crippen LogP contribution in [0.5, 0.6) is 0 Å². The monoisotopic (exact) mass is 194 g/mol. The number of allylic oxidation sites excluding steroid dienone is 2. The number of nitrogens with two attached hydrogens (primary N) is 1. The SMILES string of the molecule is NOP(=O)([O-])C1=CCCCC1.[NH4+]. The summed E-state index contributed by atoms with van der Waals surface area (Å²) in [6, 6.07) is 0. The van der Waals surface area contributed by atoms with E-state index in [1.54, 1.807) is 6.08 Å². The van der Waals surface area contributed by atoms with E-state index in [2.05, 4.69) is 10.5 Å². The van der Waals surface area contributed by atoms with Crippen molar-refractivity contribution in [1.82, 2.24) is 6.15 Å². The highest BCUT2D eigenvalue weighted by Gasteiger charge is 2.15. The second-order valence-corrected chi connectivity index (χ2v) is 4.32. The summed E-state index contributed by atoms with van der Waals surface area (Å²) < 4.78 is 14.9. The first-order chi connectivity index (χ1) is 5.17. The van der Waals surface area contributed by atoms with Gasteiger partial charge in [0.25, 0.3) is 0 Å².